The minimum Gasteiger partial charge on any atom is -0.339 e. The van der Waals surface area contributed by atoms with E-state index in [0.29, 0.717) is 24.1 Å². The highest BCUT2D eigenvalue weighted by Gasteiger charge is 2.42. The first-order chi connectivity index (χ1) is 8.55. The van der Waals surface area contributed by atoms with E-state index >= 15 is 0 Å². The van der Waals surface area contributed by atoms with E-state index in [-0.39, 0.29) is 24.7 Å². The number of aromatic nitrogens is 2. The van der Waals surface area contributed by atoms with Crippen molar-refractivity contribution in [2.45, 2.75) is 43.9 Å². The Hall–Kier alpha value is -1.04. The maximum absolute atomic E-state index is 13.2. The van der Waals surface area contributed by atoms with E-state index < -0.39 is 5.92 Å². The van der Waals surface area contributed by atoms with Crippen LogP contribution in [-0.4, -0.2) is 29.2 Å². The third kappa shape index (κ3) is 2.13. The minimum atomic E-state index is -2.56. The van der Waals surface area contributed by atoms with Crippen LogP contribution >= 0.6 is 0 Å². The first-order valence-corrected chi connectivity index (χ1v) is 6.47. The van der Waals surface area contributed by atoms with Crippen LogP contribution in [0.2, 0.25) is 0 Å². The number of hydrogen-bond donors (Lipinski definition) is 1. The molecule has 0 amide bonds. The number of hydrogen-bond acceptors (Lipinski definition) is 4. The molecular weight excluding hydrogens is 240 g/mol. The molecule has 2 aliphatic rings. The Balaban J connectivity index is 1.74. The summed E-state index contributed by atoms with van der Waals surface area (Å²) in [5.74, 6) is -1.09. The molecule has 1 aromatic rings. The van der Waals surface area contributed by atoms with Crippen LogP contribution in [-0.2, 0) is 0 Å². The van der Waals surface area contributed by atoms with Crippen LogP contribution in [0.4, 0.5) is 8.78 Å². The van der Waals surface area contributed by atoms with Crippen molar-refractivity contribution in [3.8, 4) is 0 Å². The lowest BCUT2D eigenvalue weighted by atomic mass is 9.98. The standard InChI is InChI=1S/C12H17F2N3O/c1-7-5-15-6-9(7)11-16-10(17-18-11)8-2-3-12(13,14)4-8/h7-9,15H,2-6H2,1H3/t7-,8?,9-/m1/s1. The second-order valence-electron chi connectivity index (χ2n) is 5.53. The van der Waals surface area contributed by atoms with Crippen molar-refractivity contribution in [1.82, 2.24) is 15.5 Å². The Morgan fingerprint density at radius 3 is 2.83 bits per heavy atom. The minimum absolute atomic E-state index is 0.0665. The van der Waals surface area contributed by atoms with Gasteiger partial charge >= 0.3 is 0 Å². The van der Waals surface area contributed by atoms with Crippen molar-refractivity contribution >= 4 is 0 Å². The largest absolute Gasteiger partial charge is 0.339 e. The van der Waals surface area contributed by atoms with Crippen LogP contribution in [0.3, 0.4) is 0 Å². The van der Waals surface area contributed by atoms with Gasteiger partial charge in [-0.05, 0) is 18.9 Å². The topological polar surface area (TPSA) is 51.0 Å². The van der Waals surface area contributed by atoms with Gasteiger partial charge in [0.25, 0.3) is 0 Å². The van der Waals surface area contributed by atoms with Gasteiger partial charge in [-0.3, -0.25) is 0 Å². The normalized spacial score (nSPS) is 35.2. The summed E-state index contributed by atoms with van der Waals surface area (Å²) in [6.07, 6.45) is 0.234. The molecule has 100 valence electrons. The first kappa shape index (κ1) is 12.0. The summed E-state index contributed by atoms with van der Waals surface area (Å²) in [4.78, 5) is 4.34. The summed E-state index contributed by atoms with van der Waals surface area (Å²) < 4.78 is 31.6. The van der Waals surface area contributed by atoms with Gasteiger partial charge in [0.05, 0.1) is 5.92 Å². The number of alkyl halides is 2. The fourth-order valence-corrected chi connectivity index (χ4v) is 2.87. The highest BCUT2D eigenvalue weighted by Crippen LogP contribution is 2.43. The Kier molecular flexibility index (Phi) is 2.84. The van der Waals surface area contributed by atoms with Crippen molar-refractivity contribution in [3.63, 3.8) is 0 Å². The van der Waals surface area contributed by atoms with Crippen molar-refractivity contribution in [2.75, 3.05) is 13.1 Å². The van der Waals surface area contributed by atoms with E-state index in [1.165, 1.54) is 0 Å². The summed E-state index contributed by atoms with van der Waals surface area (Å²) in [5.41, 5.74) is 0. The number of nitrogens with zero attached hydrogens (tertiary/aromatic N) is 2. The van der Waals surface area contributed by atoms with E-state index in [1.807, 2.05) is 0 Å². The summed E-state index contributed by atoms with van der Waals surface area (Å²) in [5, 5.41) is 7.16. The Morgan fingerprint density at radius 2 is 2.22 bits per heavy atom. The van der Waals surface area contributed by atoms with Gasteiger partial charge in [-0.2, -0.15) is 4.98 Å². The van der Waals surface area contributed by atoms with Crippen LogP contribution < -0.4 is 5.32 Å². The second-order valence-corrected chi connectivity index (χ2v) is 5.53. The average Bonchev–Trinajstić information content (AvgIpc) is 2.97. The molecule has 3 atom stereocenters. The average molecular weight is 257 g/mol. The van der Waals surface area contributed by atoms with Gasteiger partial charge in [0.1, 0.15) is 0 Å². The molecule has 2 fully saturated rings. The van der Waals surface area contributed by atoms with Gasteiger partial charge in [-0.15, -0.1) is 0 Å². The van der Waals surface area contributed by atoms with Crippen molar-refractivity contribution in [1.29, 1.82) is 0 Å². The van der Waals surface area contributed by atoms with E-state index in [4.69, 9.17) is 4.52 Å². The molecular formula is C12H17F2N3O. The van der Waals surface area contributed by atoms with Gasteiger partial charge in [0.2, 0.25) is 11.8 Å². The maximum Gasteiger partial charge on any atom is 0.248 e. The van der Waals surface area contributed by atoms with Crippen LogP contribution in [0, 0.1) is 5.92 Å². The molecule has 0 spiro atoms. The number of nitrogens with one attached hydrogen (secondary N) is 1. The monoisotopic (exact) mass is 257 g/mol. The predicted molar refractivity (Wildman–Crippen MR) is 60.6 cm³/mol. The van der Waals surface area contributed by atoms with Crippen molar-refractivity contribution < 1.29 is 13.3 Å². The molecule has 3 rings (SSSR count). The SMILES string of the molecule is C[C@@H]1CNC[C@H]1c1nc(C2CCC(F)(F)C2)no1. The molecule has 0 radical (unpaired) electrons. The summed E-state index contributed by atoms with van der Waals surface area (Å²) in [6.45, 7) is 3.88. The summed E-state index contributed by atoms with van der Waals surface area (Å²) in [6, 6.07) is 0. The molecule has 4 nitrogen and oxygen atoms in total. The molecule has 1 N–H and O–H groups in total. The molecule has 6 heteroatoms. The number of halogens is 2. The lowest BCUT2D eigenvalue weighted by Gasteiger charge is -2.08. The van der Waals surface area contributed by atoms with Gasteiger partial charge in [0.15, 0.2) is 5.82 Å². The lowest BCUT2D eigenvalue weighted by Crippen LogP contribution is -2.10. The zero-order valence-corrected chi connectivity index (χ0v) is 10.3. The van der Waals surface area contributed by atoms with Gasteiger partial charge < -0.3 is 9.84 Å². The van der Waals surface area contributed by atoms with E-state index in [1.54, 1.807) is 0 Å². The molecule has 1 aromatic heterocycles. The quantitative estimate of drug-likeness (QED) is 0.883. The van der Waals surface area contributed by atoms with Gasteiger partial charge in [-0.1, -0.05) is 12.1 Å². The maximum atomic E-state index is 13.2. The third-order valence-electron chi connectivity index (χ3n) is 4.06. The van der Waals surface area contributed by atoms with Crippen molar-refractivity contribution in [3.05, 3.63) is 11.7 Å². The highest BCUT2D eigenvalue weighted by atomic mass is 19.3. The molecule has 0 bridgehead atoms. The zero-order chi connectivity index (χ0) is 12.8. The van der Waals surface area contributed by atoms with E-state index in [2.05, 4.69) is 22.4 Å². The molecule has 2 heterocycles. The smallest absolute Gasteiger partial charge is 0.248 e. The zero-order valence-electron chi connectivity index (χ0n) is 10.3. The molecule has 1 saturated carbocycles. The Morgan fingerprint density at radius 1 is 1.39 bits per heavy atom. The molecule has 1 saturated heterocycles. The number of rotatable bonds is 2. The molecule has 18 heavy (non-hydrogen) atoms. The van der Waals surface area contributed by atoms with Crippen molar-refractivity contribution in [2.24, 2.45) is 5.92 Å². The van der Waals surface area contributed by atoms with Gasteiger partial charge in [-0.25, -0.2) is 8.78 Å². The summed E-state index contributed by atoms with van der Waals surface area (Å²) >= 11 is 0. The second kappa shape index (κ2) is 4.26. The Labute approximate surface area is 104 Å². The van der Waals surface area contributed by atoms with E-state index in [0.717, 1.165) is 13.1 Å². The first-order valence-electron chi connectivity index (χ1n) is 6.47. The molecule has 1 aliphatic heterocycles. The molecule has 1 aliphatic carbocycles. The van der Waals surface area contributed by atoms with Gasteiger partial charge in [0, 0.05) is 25.3 Å². The Bertz CT molecular complexity index is 435. The highest BCUT2D eigenvalue weighted by molar-refractivity contribution is 5.06. The molecule has 1 unspecified atom stereocenters. The lowest BCUT2D eigenvalue weighted by molar-refractivity contribution is 0.00750. The fourth-order valence-electron chi connectivity index (χ4n) is 2.87. The van der Waals surface area contributed by atoms with Crippen LogP contribution in [0.15, 0.2) is 4.52 Å². The predicted octanol–water partition coefficient (Wildman–Crippen LogP) is 2.30. The summed E-state index contributed by atoms with van der Waals surface area (Å²) in [7, 11) is 0. The van der Waals surface area contributed by atoms with E-state index in [9.17, 15) is 8.78 Å². The fraction of sp³-hybridized carbons (Fsp3) is 0.833. The van der Waals surface area contributed by atoms with Crippen LogP contribution in [0.5, 0.6) is 0 Å². The van der Waals surface area contributed by atoms with Crippen LogP contribution in [0.1, 0.15) is 49.7 Å². The third-order valence-corrected chi connectivity index (χ3v) is 4.06. The van der Waals surface area contributed by atoms with Crippen LogP contribution in [0.25, 0.3) is 0 Å². The molecule has 0 aromatic carbocycles.